The van der Waals surface area contributed by atoms with Crippen molar-refractivity contribution >= 4 is 9.90 Å². The zero-order chi connectivity index (χ0) is 5.98. The summed E-state index contributed by atoms with van der Waals surface area (Å²) in [4.78, 5) is 0. The minimum atomic E-state index is 0. The summed E-state index contributed by atoms with van der Waals surface area (Å²) in [6.07, 6.45) is 0. The van der Waals surface area contributed by atoms with Crippen LogP contribution in [0.2, 0.25) is 0 Å². The Kier molecular flexibility index (Phi) is 3.49. The highest BCUT2D eigenvalue weighted by Gasteiger charge is 1.79. The van der Waals surface area contributed by atoms with E-state index in [0.717, 1.165) is 0 Å². The minimum Gasteiger partial charge on any atom is -0.153 e. The molecule has 1 unspecified atom stereocenters. The van der Waals surface area contributed by atoms with E-state index in [-0.39, 0.29) is 9.90 Å². The molecule has 1 heteroatoms. The van der Waals surface area contributed by atoms with Gasteiger partial charge in [0.1, 0.15) is 0 Å². The molecule has 0 heterocycles. The van der Waals surface area contributed by atoms with Crippen molar-refractivity contribution in [2.24, 2.45) is 0 Å². The first-order valence-electron chi connectivity index (χ1n) is 2.82. The normalized spacial score (nSPS) is 8.22. The van der Waals surface area contributed by atoms with E-state index in [1.807, 2.05) is 0 Å². The number of hydrogen-bond acceptors (Lipinski definition) is 0. The molecule has 0 aliphatic rings. The molecule has 50 valence electrons. The van der Waals surface area contributed by atoms with Gasteiger partial charge in [0.15, 0.2) is 0 Å². The highest BCUT2D eigenvalue weighted by atomic mass is 31.0. The fraction of sp³-hybridized carbons (Fsp3) is 0.250. The van der Waals surface area contributed by atoms with E-state index in [0.29, 0.717) is 0 Å². The molecule has 0 bridgehead atoms. The van der Waals surface area contributed by atoms with E-state index < -0.39 is 0 Å². The summed E-state index contributed by atoms with van der Waals surface area (Å²) >= 11 is 0. The molecule has 0 amide bonds. The summed E-state index contributed by atoms with van der Waals surface area (Å²) < 4.78 is 0. The van der Waals surface area contributed by atoms with Crippen molar-refractivity contribution in [1.82, 2.24) is 0 Å². The van der Waals surface area contributed by atoms with Crippen LogP contribution in [0.25, 0.3) is 0 Å². The first-order valence-corrected chi connectivity index (χ1v) is 2.82. The van der Waals surface area contributed by atoms with Gasteiger partial charge in [0.2, 0.25) is 0 Å². The van der Waals surface area contributed by atoms with Crippen LogP contribution < -0.4 is 0 Å². The Morgan fingerprint density at radius 3 is 1.22 bits per heavy atom. The van der Waals surface area contributed by atoms with Gasteiger partial charge in [-0.05, 0) is 13.8 Å². The Hall–Kier alpha value is -0.350. The second kappa shape index (κ2) is 3.63. The monoisotopic (exact) mass is 140 g/mol. The predicted molar refractivity (Wildman–Crippen MR) is 47.0 cm³/mol. The molecule has 0 N–H and O–H groups in total. The summed E-state index contributed by atoms with van der Waals surface area (Å²) in [6.45, 7) is 4.19. The third-order valence-corrected chi connectivity index (χ3v) is 1.22. The Morgan fingerprint density at radius 1 is 0.778 bits per heavy atom. The SMILES string of the molecule is Cc1ccc(C)cc1.P. The van der Waals surface area contributed by atoms with Crippen molar-refractivity contribution in [3.63, 3.8) is 0 Å². The first-order chi connectivity index (χ1) is 3.79. The summed E-state index contributed by atoms with van der Waals surface area (Å²) in [6, 6.07) is 8.48. The average molecular weight is 140 g/mol. The van der Waals surface area contributed by atoms with E-state index in [1.165, 1.54) is 11.1 Å². The van der Waals surface area contributed by atoms with Crippen molar-refractivity contribution in [2.75, 3.05) is 0 Å². The Bertz CT molecular complexity index is 143. The van der Waals surface area contributed by atoms with Gasteiger partial charge in [-0.15, -0.1) is 0 Å². The Morgan fingerprint density at radius 2 is 1.00 bits per heavy atom. The fourth-order valence-electron chi connectivity index (χ4n) is 0.637. The standard InChI is InChI=1S/C8H10.H3P/c1-7-3-5-8(2)6-4-7;/h3-6H,1-2H3;1H3. The van der Waals surface area contributed by atoms with Crippen LogP contribution >= 0.6 is 9.90 Å². The molecule has 1 aromatic carbocycles. The number of benzene rings is 1. The van der Waals surface area contributed by atoms with E-state index in [4.69, 9.17) is 0 Å². The molecule has 0 saturated carbocycles. The first kappa shape index (κ1) is 8.65. The molecular weight excluding hydrogens is 127 g/mol. The average Bonchev–Trinajstić information content (AvgIpc) is 1.77. The van der Waals surface area contributed by atoms with Gasteiger partial charge in [0.25, 0.3) is 0 Å². The quantitative estimate of drug-likeness (QED) is 0.485. The van der Waals surface area contributed by atoms with Gasteiger partial charge in [-0.2, -0.15) is 9.90 Å². The Labute approximate surface area is 59.9 Å². The molecule has 9 heavy (non-hydrogen) atoms. The van der Waals surface area contributed by atoms with E-state index in [9.17, 15) is 0 Å². The predicted octanol–water partition coefficient (Wildman–Crippen LogP) is 2.36. The summed E-state index contributed by atoms with van der Waals surface area (Å²) in [5.74, 6) is 0. The van der Waals surface area contributed by atoms with Crippen LogP contribution in [0.4, 0.5) is 0 Å². The smallest absolute Gasteiger partial charge is 0.0398 e. The second-order valence-corrected chi connectivity index (χ2v) is 2.15. The van der Waals surface area contributed by atoms with E-state index in [1.54, 1.807) is 0 Å². The lowest BCUT2D eigenvalue weighted by Crippen LogP contribution is -1.70. The summed E-state index contributed by atoms with van der Waals surface area (Å²) in [5, 5.41) is 0. The largest absolute Gasteiger partial charge is 0.153 e. The highest BCUT2D eigenvalue weighted by molar-refractivity contribution is 6.92. The van der Waals surface area contributed by atoms with Gasteiger partial charge in [-0.3, -0.25) is 0 Å². The lowest BCUT2D eigenvalue weighted by molar-refractivity contribution is 1.40. The zero-order valence-corrected chi connectivity index (χ0v) is 7.43. The molecule has 1 rings (SSSR count). The maximum atomic E-state index is 2.12. The topological polar surface area (TPSA) is 0 Å². The van der Waals surface area contributed by atoms with Gasteiger partial charge in [-0.25, -0.2) is 0 Å². The van der Waals surface area contributed by atoms with Crippen molar-refractivity contribution in [3.05, 3.63) is 35.4 Å². The maximum absolute atomic E-state index is 2.12. The van der Waals surface area contributed by atoms with Crippen LogP contribution in [0.1, 0.15) is 11.1 Å². The van der Waals surface area contributed by atoms with Gasteiger partial charge in [0.05, 0.1) is 0 Å². The molecule has 0 saturated heterocycles. The fourth-order valence-corrected chi connectivity index (χ4v) is 0.637. The number of hydrogen-bond donors (Lipinski definition) is 0. The van der Waals surface area contributed by atoms with Crippen LogP contribution in [0.3, 0.4) is 0 Å². The number of aryl methyl sites for hydroxylation is 2. The minimum absolute atomic E-state index is 0. The molecule has 1 atom stereocenters. The lowest BCUT2D eigenvalue weighted by atomic mass is 10.2. The molecule has 1 aromatic rings. The number of rotatable bonds is 0. The van der Waals surface area contributed by atoms with Gasteiger partial charge >= 0.3 is 0 Å². The van der Waals surface area contributed by atoms with E-state index >= 15 is 0 Å². The third kappa shape index (κ3) is 2.62. The lowest BCUT2D eigenvalue weighted by Gasteiger charge is -1.90. The summed E-state index contributed by atoms with van der Waals surface area (Å²) in [5.41, 5.74) is 2.66. The van der Waals surface area contributed by atoms with Crippen LogP contribution in [0.5, 0.6) is 0 Å². The molecule has 0 fully saturated rings. The van der Waals surface area contributed by atoms with Crippen LogP contribution in [-0.2, 0) is 0 Å². The zero-order valence-electron chi connectivity index (χ0n) is 6.02. The van der Waals surface area contributed by atoms with Crippen LogP contribution in [0, 0.1) is 13.8 Å². The van der Waals surface area contributed by atoms with Gasteiger partial charge < -0.3 is 0 Å². The van der Waals surface area contributed by atoms with Crippen molar-refractivity contribution in [1.29, 1.82) is 0 Å². The van der Waals surface area contributed by atoms with E-state index in [2.05, 4.69) is 38.1 Å². The highest BCUT2D eigenvalue weighted by Crippen LogP contribution is 1.99. The third-order valence-electron chi connectivity index (χ3n) is 1.22. The summed E-state index contributed by atoms with van der Waals surface area (Å²) in [7, 11) is 0. The molecule has 0 aliphatic carbocycles. The molecule has 0 spiro atoms. The maximum Gasteiger partial charge on any atom is -0.0398 e. The molecule has 0 nitrogen and oxygen atoms in total. The van der Waals surface area contributed by atoms with Crippen molar-refractivity contribution in [2.45, 2.75) is 13.8 Å². The molecule has 0 aliphatic heterocycles. The Balaban J connectivity index is 0.000000640. The van der Waals surface area contributed by atoms with Crippen molar-refractivity contribution < 1.29 is 0 Å². The van der Waals surface area contributed by atoms with Gasteiger partial charge in [0, 0.05) is 0 Å². The molecule has 0 radical (unpaired) electrons. The molecular formula is C8H13P. The van der Waals surface area contributed by atoms with Crippen molar-refractivity contribution in [3.8, 4) is 0 Å². The van der Waals surface area contributed by atoms with Crippen LogP contribution in [-0.4, -0.2) is 0 Å². The van der Waals surface area contributed by atoms with Crippen LogP contribution in [0.15, 0.2) is 24.3 Å². The molecule has 0 aromatic heterocycles. The second-order valence-electron chi connectivity index (χ2n) is 2.15. The van der Waals surface area contributed by atoms with Gasteiger partial charge in [-0.1, -0.05) is 35.4 Å².